The van der Waals surface area contributed by atoms with E-state index in [9.17, 15) is 9.59 Å². The van der Waals surface area contributed by atoms with Crippen molar-refractivity contribution >= 4 is 40.7 Å². The average molecular weight is 358 g/mol. The highest BCUT2D eigenvalue weighted by Gasteiger charge is 2.35. The van der Waals surface area contributed by atoms with Crippen molar-refractivity contribution in [2.75, 3.05) is 38.6 Å². The second kappa shape index (κ2) is 7.99. The topological polar surface area (TPSA) is 52.7 Å². The molecular formula is C16H21Cl2N3O2. The molecule has 1 heterocycles. The van der Waals surface area contributed by atoms with Gasteiger partial charge in [-0.2, -0.15) is 0 Å². The van der Waals surface area contributed by atoms with Gasteiger partial charge in [-0.1, -0.05) is 23.2 Å². The van der Waals surface area contributed by atoms with Gasteiger partial charge >= 0.3 is 0 Å². The van der Waals surface area contributed by atoms with Crippen molar-refractivity contribution in [3.8, 4) is 0 Å². The van der Waals surface area contributed by atoms with Crippen molar-refractivity contribution in [2.45, 2.75) is 12.8 Å². The number of hydrogen-bond acceptors (Lipinski definition) is 3. The van der Waals surface area contributed by atoms with E-state index in [1.54, 1.807) is 23.1 Å². The van der Waals surface area contributed by atoms with Gasteiger partial charge in [0.2, 0.25) is 11.8 Å². The number of carbonyl (C=O) groups is 2. The molecule has 7 heteroatoms. The van der Waals surface area contributed by atoms with Gasteiger partial charge in [0.25, 0.3) is 0 Å². The number of benzene rings is 1. The number of rotatable bonds is 6. The van der Waals surface area contributed by atoms with E-state index >= 15 is 0 Å². The molecule has 1 unspecified atom stereocenters. The minimum absolute atomic E-state index is 0.0762. The Morgan fingerprint density at radius 3 is 2.57 bits per heavy atom. The molecule has 0 saturated carbocycles. The van der Waals surface area contributed by atoms with E-state index in [1.807, 2.05) is 14.1 Å². The van der Waals surface area contributed by atoms with Crippen molar-refractivity contribution in [3.63, 3.8) is 0 Å². The normalized spacial score (nSPS) is 17.9. The Morgan fingerprint density at radius 2 is 1.96 bits per heavy atom. The van der Waals surface area contributed by atoms with Gasteiger partial charge in [0.1, 0.15) is 0 Å². The Balaban J connectivity index is 1.92. The second-order valence-corrected chi connectivity index (χ2v) is 6.85. The maximum absolute atomic E-state index is 12.2. The molecule has 0 aromatic heterocycles. The van der Waals surface area contributed by atoms with Crippen LogP contribution in [-0.4, -0.2) is 50.4 Å². The minimum Gasteiger partial charge on any atom is -0.356 e. The van der Waals surface area contributed by atoms with Crippen LogP contribution in [0.1, 0.15) is 12.8 Å². The highest BCUT2D eigenvalue weighted by molar-refractivity contribution is 6.35. The molecule has 2 rings (SSSR count). The van der Waals surface area contributed by atoms with E-state index in [1.165, 1.54) is 0 Å². The smallest absolute Gasteiger partial charge is 0.227 e. The van der Waals surface area contributed by atoms with Gasteiger partial charge in [-0.15, -0.1) is 0 Å². The maximum Gasteiger partial charge on any atom is 0.227 e. The number of halogens is 2. The molecule has 5 nitrogen and oxygen atoms in total. The lowest BCUT2D eigenvalue weighted by molar-refractivity contribution is -0.126. The van der Waals surface area contributed by atoms with E-state index in [-0.39, 0.29) is 24.2 Å². The molecule has 1 aliphatic rings. The molecular weight excluding hydrogens is 337 g/mol. The molecule has 23 heavy (non-hydrogen) atoms. The van der Waals surface area contributed by atoms with Crippen LogP contribution in [0.3, 0.4) is 0 Å². The predicted molar refractivity (Wildman–Crippen MR) is 93.1 cm³/mol. The van der Waals surface area contributed by atoms with Crippen LogP contribution in [-0.2, 0) is 9.59 Å². The van der Waals surface area contributed by atoms with E-state index in [0.29, 0.717) is 28.8 Å². The first-order valence-electron chi connectivity index (χ1n) is 7.55. The highest BCUT2D eigenvalue weighted by atomic mass is 35.5. The lowest BCUT2D eigenvalue weighted by Crippen LogP contribution is -2.34. The first kappa shape index (κ1) is 18.0. The lowest BCUT2D eigenvalue weighted by Gasteiger charge is -2.17. The summed E-state index contributed by atoms with van der Waals surface area (Å²) in [5.74, 6) is -0.496. The first-order chi connectivity index (χ1) is 10.9. The SMILES string of the molecule is CN(C)CCCNC(=O)C1CC(=O)N(c2cc(Cl)cc(Cl)c2)C1. The average Bonchev–Trinajstić information content (AvgIpc) is 2.84. The van der Waals surface area contributed by atoms with Crippen molar-refractivity contribution < 1.29 is 9.59 Å². The molecule has 1 fully saturated rings. The number of hydrogen-bond donors (Lipinski definition) is 1. The largest absolute Gasteiger partial charge is 0.356 e. The van der Waals surface area contributed by atoms with E-state index in [0.717, 1.165) is 13.0 Å². The Morgan fingerprint density at radius 1 is 1.30 bits per heavy atom. The molecule has 126 valence electrons. The number of nitrogens with one attached hydrogen (secondary N) is 1. The zero-order valence-corrected chi connectivity index (χ0v) is 14.8. The number of carbonyl (C=O) groups excluding carboxylic acids is 2. The van der Waals surface area contributed by atoms with Crippen LogP contribution in [0.2, 0.25) is 10.0 Å². The van der Waals surface area contributed by atoms with E-state index in [4.69, 9.17) is 23.2 Å². The molecule has 0 spiro atoms. The van der Waals surface area contributed by atoms with Gasteiger partial charge in [0, 0.05) is 35.2 Å². The Hall–Kier alpha value is -1.30. The molecule has 0 radical (unpaired) electrons. The Kier molecular flexibility index (Phi) is 6.27. The fraction of sp³-hybridized carbons (Fsp3) is 0.500. The van der Waals surface area contributed by atoms with Gasteiger partial charge in [0.05, 0.1) is 5.92 Å². The maximum atomic E-state index is 12.2. The predicted octanol–water partition coefficient (Wildman–Crippen LogP) is 2.41. The second-order valence-electron chi connectivity index (χ2n) is 5.98. The summed E-state index contributed by atoms with van der Waals surface area (Å²) in [5, 5.41) is 3.84. The molecule has 1 N–H and O–H groups in total. The summed E-state index contributed by atoms with van der Waals surface area (Å²) in [6, 6.07) is 4.98. The molecule has 0 aliphatic carbocycles. The summed E-state index contributed by atoms with van der Waals surface area (Å²) < 4.78 is 0. The van der Waals surface area contributed by atoms with Crippen LogP contribution in [0.5, 0.6) is 0 Å². The highest BCUT2D eigenvalue weighted by Crippen LogP contribution is 2.30. The fourth-order valence-electron chi connectivity index (χ4n) is 2.58. The number of nitrogens with zero attached hydrogens (tertiary/aromatic N) is 2. The zero-order valence-electron chi connectivity index (χ0n) is 13.3. The number of anilines is 1. The third-order valence-corrected chi connectivity index (χ3v) is 4.17. The standard InChI is InChI=1S/C16H21Cl2N3O2/c1-20(2)5-3-4-19-16(23)11-6-15(22)21(10-11)14-8-12(17)7-13(18)9-14/h7-9,11H,3-6,10H2,1-2H3,(H,19,23). The molecule has 1 atom stereocenters. The summed E-state index contributed by atoms with van der Waals surface area (Å²) in [4.78, 5) is 28.0. The van der Waals surface area contributed by atoms with Crippen LogP contribution in [0.4, 0.5) is 5.69 Å². The Bertz CT molecular complexity index is 572. The molecule has 2 amide bonds. The summed E-state index contributed by atoms with van der Waals surface area (Å²) in [7, 11) is 3.98. The van der Waals surface area contributed by atoms with Crippen LogP contribution in [0.25, 0.3) is 0 Å². The zero-order chi connectivity index (χ0) is 17.0. The quantitative estimate of drug-likeness (QED) is 0.795. The summed E-state index contributed by atoms with van der Waals surface area (Å²) >= 11 is 12.0. The third-order valence-electron chi connectivity index (χ3n) is 3.74. The first-order valence-corrected chi connectivity index (χ1v) is 8.31. The van der Waals surface area contributed by atoms with E-state index in [2.05, 4.69) is 10.2 Å². The summed E-state index contributed by atoms with van der Waals surface area (Å²) in [6.07, 6.45) is 1.09. The molecule has 1 aromatic rings. The summed E-state index contributed by atoms with van der Waals surface area (Å²) in [6.45, 7) is 1.89. The van der Waals surface area contributed by atoms with Gasteiger partial charge in [-0.25, -0.2) is 0 Å². The van der Waals surface area contributed by atoms with Crippen LogP contribution >= 0.6 is 23.2 Å². The van der Waals surface area contributed by atoms with Gasteiger partial charge in [-0.05, 0) is 45.3 Å². The fourth-order valence-corrected chi connectivity index (χ4v) is 3.09. The molecule has 1 aromatic carbocycles. The van der Waals surface area contributed by atoms with Crippen LogP contribution in [0, 0.1) is 5.92 Å². The van der Waals surface area contributed by atoms with Gasteiger partial charge in [-0.3, -0.25) is 9.59 Å². The van der Waals surface area contributed by atoms with Crippen LogP contribution in [0.15, 0.2) is 18.2 Å². The molecule has 0 bridgehead atoms. The van der Waals surface area contributed by atoms with Gasteiger partial charge in [0.15, 0.2) is 0 Å². The van der Waals surface area contributed by atoms with Crippen molar-refractivity contribution in [2.24, 2.45) is 5.92 Å². The van der Waals surface area contributed by atoms with Gasteiger partial charge < -0.3 is 15.1 Å². The van der Waals surface area contributed by atoms with Crippen molar-refractivity contribution in [1.29, 1.82) is 0 Å². The van der Waals surface area contributed by atoms with Crippen LogP contribution < -0.4 is 10.2 Å². The number of amides is 2. The molecule has 1 aliphatic heterocycles. The monoisotopic (exact) mass is 357 g/mol. The minimum atomic E-state index is -0.334. The Labute approximate surface area is 146 Å². The summed E-state index contributed by atoms with van der Waals surface area (Å²) in [5.41, 5.74) is 0.635. The lowest BCUT2D eigenvalue weighted by atomic mass is 10.1. The third kappa shape index (κ3) is 5.09. The van der Waals surface area contributed by atoms with Crippen molar-refractivity contribution in [1.82, 2.24) is 10.2 Å². The van der Waals surface area contributed by atoms with Crippen molar-refractivity contribution in [3.05, 3.63) is 28.2 Å². The molecule has 1 saturated heterocycles. The van der Waals surface area contributed by atoms with E-state index < -0.39 is 0 Å².